The van der Waals surface area contributed by atoms with Gasteiger partial charge in [0.05, 0.1) is 0 Å². The molecule has 3 N–H and O–H groups in total. The van der Waals surface area contributed by atoms with Crippen LogP contribution in [0.1, 0.15) is 70.4 Å². The van der Waals surface area contributed by atoms with E-state index in [1.165, 1.54) is 29.2 Å². The smallest absolute Gasteiger partial charge is 0.407 e. The van der Waals surface area contributed by atoms with E-state index in [-0.39, 0.29) is 30.3 Å². The molecule has 0 saturated carbocycles. The molecule has 2 aromatic rings. The van der Waals surface area contributed by atoms with Gasteiger partial charge in [-0.2, -0.15) is 0 Å². The van der Waals surface area contributed by atoms with Crippen molar-refractivity contribution in [2.75, 3.05) is 13.2 Å². The Morgan fingerprint density at radius 2 is 1.51 bits per heavy atom. The lowest BCUT2D eigenvalue weighted by Gasteiger charge is -2.27. The second-order valence-electron chi connectivity index (χ2n) is 10.2. The van der Waals surface area contributed by atoms with Gasteiger partial charge in [0, 0.05) is 18.9 Å². The monoisotopic (exact) mass is 480 g/mol. The standard InChI is InChI=1S/C28H36N2O5/c1-5-28(4,25(32)33)30-24(31)14-15-27(2,3)16-17-29-26(34)35-18-23-21-12-8-6-10-19(21)20-11-7-9-13-22(20)23/h6-13,23H,5,14-18H2,1-4H3,(H,29,34)(H,30,31)(H,32,33). The lowest BCUT2D eigenvalue weighted by atomic mass is 9.84. The maximum Gasteiger partial charge on any atom is 0.407 e. The molecule has 35 heavy (non-hydrogen) atoms. The van der Waals surface area contributed by atoms with E-state index in [4.69, 9.17) is 4.74 Å². The number of aliphatic carboxylic acids is 1. The van der Waals surface area contributed by atoms with Crippen LogP contribution in [0.15, 0.2) is 48.5 Å². The molecule has 3 rings (SSSR count). The molecule has 0 radical (unpaired) electrons. The molecule has 1 aliphatic rings. The van der Waals surface area contributed by atoms with Crippen molar-refractivity contribution < 1.29 is 24.2 Å². The summed E-state index contributed by atoms with van der Waals surface area (Å²) in [5.74, 6) is -1.31. The number of fused-ring (bicyclic) bond motifs is 3. The van der Waals surface area contributed by atoms with Gasteiger partial charge in [0.1, 0.15) is 12.1 Å². The third-order valence-electron chi connectivity index (χ3n) is 7.04. The fourth-order valence-electron chi connectivity index (χ4n) is 4.39. The molecule has 188 valence electrons. The summed E-state index contributed by atoms with van der Waals surface area (Å²) in [6.45, 7) is 7.98. The Kier molecular flexibility index (Phi) is 8.20. The molecule has 0 aromatic heterocycles. The van der Waals surface area contributed by atoms with Crippen LogP contribution in [0.3, 0.4) is 0 Å². The first-order valence-electron chi connectivity index (χ1n) is 12.2. The van der Waals surface area contributed by atoms with Gasteiger partial charge in [-0.05, 0) is 53.9 Å². The average molecular weight is 481 g/mol. The number of ether oxygens (including phenoxy) is 1. The summed E-state index contributed by atoms with van der Waals surface area (Å²) in [7, 11) is 0. The minimum absolute atomic E-state index is 0.0164. The summed E-state index contributed by atoms with van der Waals surface area (Å²) in [6, 6.07) is 16.4. The van der Waals surface area contributed by atoms with Crippen molar-refractivity contribution >= 4 is 18.0 Å². The molecule has 7 heteroatoms. The number of carbonyl (C=O) groups excluding carboxylic acids is 2. The van der Waals surface area contributed by atoms with Crippen molar-refractivity contribution in [2.24, 2.45) is 5.41 Å². The largest absolute Gasteiger partial charge is 0.480 e. The number of benzene rings is 2. The average Bonchev–Trinajstić information content (AvgIpc) is 3.15. The third-order valence-corrected chi connectivity index (χ3v) is 7.04. The van der Waals surface area contributed by atoms with Crippen LogP contribution in [0.2, 0.25) is 0 Å². The Hall–Kier alpha value is -3.35. The number of hydrogen-bond acceptors (Lipinski definition) is 4. The van der Waals surface area contributed by atoms with Crippen LogP contribution in [-0.2, 0) is 14.3 Å². The number of alkyl carbamates (subject to hydrolysis) is 1. The van der Waals surface area contributed by atoms with Crippen molar-refractivity contribution in [3.8, 4) is 11.1 Å². The van der Waals surface area contributed by atoms with Crippen molar-refractivity contribution in [3.05, 3.63) is 59.7 Å². The van der Waals surface area contributed by atoms with Gasteiger partial charge >= 0.3 is 12.1 Å². The van der Waals surface area contributed by atoms with Crippen LogP contribution in [0.5, 0.6) is 0 Å². The zero-order chi connectivity index (χ0) is 25.6. The maximum atomic E-state index is 12.4. The summed E-state index contributed by atoms with van der Waals surface area (Å²) >= 11 is 0. The number of carboxylic acids is 1. The molecule has 1 aliphatic carbocycles. The van der Waals surface area contributed by atoms with Crippen LogP contribution in [0, 0.1) is 5.41 Å². The fourth-order valence-corrected chi connectivity index (χ4v) is 4.39. The second-order valence-corrected chi connectivity index (χ2v) is 10.2. The van der Waals surface area contributed by atoms with Crippen LogP contribution >= 0.6 is 0 Å². The molecular formula is C28H36N2O5. The maximum absolute atomic E-state index is 12.4. The summed E-state index contributed by atoms with van der Waals surface area (Å²) < 4.78 is 5.57. The van der Waals surface area contributed by atoms with Gasteiger partial charge in [0.2, 0.25) is 5.91 Å². The van der Waals surface area contributed by atoms with Crippen molar-refractivity contribution in [1.82, 2.24) is 10.6 Å². The first kappa shape index (κ1) is 26.3. The number of nitrogens with one attached hydrogen (secondary N) is 2. The highest BCUT2D eigenvalue weighted by atomic mass is 16.5. The van der Waals surface area contributed by atoms with E-state index in [0.717, 1.165) is 0 Å². The first-order chi connectivity index (χ1) is 16.6. The lowest BCUT2D eigenvalue weighted by Crippen LogP contribution is -2.51. The summed E-state index contributed by atoms with van der Waals surface area (Å²) in [5, 5.41) is 14.8. The topological polar surface area (TPSA) is 105 Å². The van der Waals surface area contributed by atoms with E-state index in [0.29, 0.717) is 25.8 Å². The normalized spacial score (nSPS) is 14.4. The predicted molar refractivity (Wildman–Crippen MR) is 135 cm³/mol. The first-order valence-corrected chi connectivity index (χ1v) is 12.2. The van der Waals surface area contributed by atoms with E-state index in [1.54, 1.807) is 6.92 Å². The van der Waals surface area contributed by atoms with Gasteiger partial charge in [-0.15, -0.1) is 0 Å². The molecule has 7 nitrogen and oxygen atoms in total. The zero-order valence-corrected chi connectivity index (χ0v) is 21.0. The molecule has 0 heterocycles. The van der Waals surface area contributed by atoms with Crippen LogP contribution in [0.25, 0.3) is 11.1 Å². The van der Waals surface area contributed by atoms with Crippen LogP contribution in [-0.4, -0.2) is 41.8 Å². The van der Waals surface area contributed by atoms with Crippen LogP contribution in [0.4, 0.5) is 4.79 Å². The number of carboxylic acid groups (broad SMARTS) is 1. The molecule has 1 atom stereocenters. The fraction of sp³-hybridized carbons (Fsp3) is 0.464. The number of carbonyl (C=O) groups is 3. The minimum Gasteiger partial charge on any atom is -0.480 e. The van der Waals surface area contributed by atoms with Gasteiger partial charge in [0.15, 0.2) is 0 Å². The van der Waals surface area contributed by atoms with Gasteiger partial charge in [0.25, 0.3) is 0 Å². The predicted octanol–water partition coefficient (Wildman–Crippen LogP) is 5.09. The Morgan fingerprint density at radius 3 is 2.06 bits per heavy atom. The number of rotatable bonds is 11. The zero-order valence-electron chi connectivity index (χ0n) is 21.0. The van der Waals surface area contributed by atoms with E-state index >= 15 is 0 Å². The highest BCUT2D eigenvalue weighted by Gasteiger charge is 2.33. The second kappa shape index (κ2) is 10.9. The molecule has 0 aliphatic heterocycles. The van der Waals surface area contributed by atoms with Crippen molar-refractivity contribution in [1.29, 1.82) is 0 Å². The summed E-state index contributed by atoms with van der Waals surface area (Å²) in [5.41, 5.74) is 3.24. The van der Waals surface area contributed by atoms with E-state index in [9.17, 15) is 19.5 Å². The van der Waals surface area contributed by atoms with Crippen molar-refractivity contribution in [3.63, 3.8) is 0 Å². The van der Waals surface area contributed by atoms with E-state index < -0.39 is 17.6 Å². The van der Waals surface area contributed by atoms with Crippen molar-refractivity contribution in [2.45, 2.75) is 64.8 Å². The molecule has 1 unspecified atom stereocenters. The van der Waals surface area contributed by atoms with E-state index in [1.807, 2.05) is 38.1 Å². The van der Waals surface area contributed by atoms with Gasteiger partial charge in [-0.3, -0.25) is 4.79 Å². The lowest BCUT2D eigenvalue weighted by molar-refractivity contribution is -0.147. The summed E-state index contributed by atoms with van der Waals surface area (Å²) in [6.07, 6.45) is 1.31. The molecule has 0 spiro atoms. The molecule has 2 aromatic carbocycles. The van der Waals surface area contributed by atoms with Gasteiger partial charge in [-0.1, -0.05) is 69.3 Å². The highest BCUT2D eigenvalue weighted by Crippen LogP contribution is 2.44. The number of amides is 2. The van der Waals surface area contributed by atoms with Crippen LogP contribution < -0.4 is 10.6 Å². The molecule has 0 bridgehead atoms. The third kappa shape index (κ3) is 6.41. The summed E-state index contributed by atoms with van der Waals surface area (Å²) in [4.78, 5) is 36.0. The Balaban J connectivity index is 1.43. The minimum atomic E-state index is -1.26. The van der Waals surface area contributed by atoms with Gasteiger partial charge in [-0.25, -0.2) is 9.59 Å². The molecular weight excluding hydrogens is 444 g/mol. The molecule has 0 fully saturated rings. The molecule has 0 saturated heterocycles. The Morgan fingerprint density at radius 1 is 0.943 bits per heavy atom. The van der Waals surface area contributed by atoms with Gasteiger partial charge < -0.3 is 20.5 Å². The Bertz CT molecular complexity index is 1040. The quantitative estimate of drug-likeness (QED) is 0.415. The Labute approximate surface area is 207 Å². The SMILES string of the molecule is CCC(C)(NC(=O)CCC(C)(C)CCNC(=O)OCC1c2ccccc2-c2ccccc21)C(=O)O. The highest BCUT2D eigenvalue weighted by molar-refractivity contribution is 5.86. The molecule has 2 amide bonds. The number of hydrogen-bond donors (Lipinski definition) is 3. The van der Waals surface area contributed by atoms with E-state index in [2.05, 4.69) is 34.9 Å².